The predicted octanol–water partition coefficient (Wildman–Crippen LogP) is 3.61. The molecule has 0 bridgehead atoms. The number of nitrogens with zero attached hydrogens (tertiary/aromatic N) is 5. The third kappa shape index (κ3) is 4.43. The first kappa shape index (κ1) is 23.7. The van der Waals surface area contributed by atoms with Crippen LogP contribution in [0, 0.1) is 0 Å². The van der Waals surface area contributed by atoms with Gasteiger partial charge in [-0.15, -0.1) is 0 Å². The Morgan fingerprint density at radius 2 is 1.93 bits per heavy atom. The summed E-state index contributed by atoms with van der Waals surface area (Å²) >= 11 is 0. The first-order chi connectivity index (χ1) is 19.7. The van der Waals surface area contributed by atoms with Gasteiger partial charge in [0.2, 0.25) is 0 Å². The zero-order chi connectivity index (χ0) is 26.9. The highest BCUT2D eigenvalue weighted by Crippen LogP contribution is 2.29. The Hall–Kier alpha value is -5.44. The van der Waals surface area contributed by atoms with Crippen molar-refractivity contribution in [1.82, 2.24) is 30.1 Å². The summed E-state index contributed by atoms with van der Waals surface area (Å²) < 4.78 is 0. The molecule has 194 valence electrons. The zero-order valence-corrected chi connectivity index (χ0v) is 21.4. The fraction of sp³-hybridized carbons (Fsp3) is 0.0968. The molecule has 5 aromatic rings. The molecule has 0 fully saturated rings. The largest absolute Gasteiger partial charge is 0.340 e. The summed E-state index contributed by atoms with van der Waals surface area (Å²) in [5.74, 6) is 0.594. The summed E-state index contributed by atoms with van der Waals surface area (Å²) in [6, 6.07) is 15.0. The maximum absolute atomic E-state index is 12.7. The topological polar surface area (TPSA) is 125 Å². The number of hydrogen-bond donors (Lipinski definition) is 3. The van der Waals surface area contributed by atoms with E-state index in [0.717, 1.165) is 50.8 Å². The minimum absolute atomic E-state index is 0.0655. The molecular formula is C31H24N8O. The number of benzene rings is 1. The van der Waals surface area contributed by atoms with Gasteiger partial charge in [-0.1, -0.05) is 36.4 Å². The van der Waals surface area contributed by atoms with Gasteiger partial charge in [0.15, 0.2) is 5.82 Å². The quantitative estimate of drug-likeness (QED) is 0.324. The smallest absolute Gasteiger partial charge is 0.255 e. The molecule has 1 atom stereocenters. The fourth-order valence-electron chi connectivity index (χ4n) is 5.09. The number of carbonyl (C=O) groups is 1. The van der Waals surface area contributed by atoms with Gasteiger partial charge in [-0.05, 0) is 36.2 Å². The molecule has 0 radical (unpaired) electrons. The van der Waals surface area contributed by atoms with Crippen LogP contribution in [0.25, 0.3) is 29.2 Å². The lowest BCUT2D eigenvalue weighted by atomic mass is 9.92. The number of H-pyrrole nitrogens is 2. The maximum atomic E-state index is 12.7. The minimum atomic E-state index is -0.166. The number of imidazole rings is 1. The van der Waals surface area contributed by atoms with E-state index in [4.69, 9.17) is 4.98 Å². The van der Waals surface area contributed by atoms with Gasteiger partial charge in [0.05, 0.1) is 22.9 Å². The number of nitrogens with one attached hydrogen (secondary N) is 3. The number of anilines is 1. The van der Waals surface area contributed by atoms with E-state index < -0.39 is 0 Å². The van der Waals surface area contributed by atoms with Crippen LogP contribution in [0.4, 0.5) is 5.69 Å². The Bertz CT molecular complexity index is 1900. The molecule has 3 N–H and O–H groups in total. The van der Waals surface area contributed by atoms with Gasteiger partial charge in [0.25, 0.3) is 5.91 Å². The molecule has 9 heteroatoms. The van der Waals surface area contributed by atoms with Crippen LogP contribution in [-0.2, 0) is 6.42 Å². The second kappa shape index (κ2) is 10.0. The second-order valence-corrected chi connectivity index (χ2v) is 9.67. The molecule has 0 saturated heterocycles. The number of pyridine rings is 2. The molecule has 1 aliphatic carbocycles. The average molecular weight is 525 g/mol. The molecule has 40 heavy (non-hydrogen) atoms. The number of rotatable bonds is 5. The Morgan fingerprint density at radius 3 is 2.80 bits per heavy atom. The third-order valence-electron chi connectivity index (χ3n) is 7.09. The third-order valence-corrected chi connectivity index (χ3v) is 7.09. The summed E-state index contributed by atoms with van der Waals surface area (Å²) in [5.41, 5.74) is 6.72. The minimum Gasteiger partial charge on any atom is -0.340 e. The van der Waals surface area contributed by atoms with Crippen LogP contribution in [0.2, 0.25) is 0 Å². The van der Waals surface area contributed by atoms with E-state index in [0.29, 0.717) is 23.5 Å². The van der Waals surface area contributed by atoms with E-state index in [1.165, 1.54) is 0 Å². The van der Waals surface area contributed by atoms with Crippen LogP contribution in [0.1, 0.15) is 45.2 Å². The molecule has 9 nitrogen and oxygen atoms in total. The fourth-order valence-corrected chi connectivity index (χ4v) is 5.09. The molecule has 4 aromatic heterocycles. The summed E-state index contributed by atoms with van der Waals surface area (Å²) in [7, 11) is 0. The zero-order valence-electron chi connectivity index (χ0n) is 21.4. The van der Waals surface area contributed by atoms with Crippen molar-refractivity contribution >= 4 is 35.5 Å². The van der Waals surface area contributed by atoms with E-state index in [-0.39, 0.29) is 11.8 Å². The Balaban J connectivity index is 1.21. The molecule has 1 aliphatic heterocycles. The van der Waals surface area contributed by atoms with Crippen molar-refractivity contribution in [3.63, 3.8) is 0 Å². The molecule has 1 aromatic carbocycles. The lowest BCUT2D eigenvalue weighted by Crippen LogP contribution is -2.28. The molecule has 0 saturated carbocycles. The van der Waals surface area contributed by atoms with Crippen molar-refractivity contribution in [2.24, 2.45) is 4.99 Å². The monoisotopic (exact) mass is 524 g/mol. The summed E-state index contributed by atoms with van der Waals surface area (Å²) in [6.45, 7) is 0. The van der Waals surface area contributed by atoms with Crippen molar-refractivity contribution in [3.8, 4) is 11.5 Å². The summed E-state index contributed by atoms with van der Waals surface area (Å²) in [4.78, 5) is 34.2. The Morgan fingerprint density at radius 1 is 1.00 bits per heavy atom. The van der Waals surface area contributed by atoms with Gasteiger partial charge in [-0.3, -0.25) is 24.9 Å². The maximum Gasteiger partial charge on any atom is 0.255 e. The van der Waals surface area contributed by atoms with Gasteiger partial charge in [-0.25, -0.2) is 4.98 Å². The van der Waals surface area contributed by atoms with E-state index >= 15 is 0 Å². The lowest BCUT2D eigenvalue weighted by molar-refractivity contribution is 0.102. The first-order valence-corrected chi connectivity index (χ1v) is 13.0. The molecule has 5 heterocycles. The van der Waals surface area contributed by atoms with E-state index in [1.54, 1.807) is 24.5 Å². The number of hydrogen-bond acceptors (Lipinski definition) is 6. The molecule has 2 aliphatic rings. The van der Waals surface area contributed by atoms with E-state index in [1.807, 2.05) is 61.2 Å². The van der Waals surface area contributed by atoms with Gasteiger partial charge in [0.1, 0.15) is 5.69 Å². The van der Waals surface area contributed by atoms with Gasteiger partial charge in [-0.2, -0.15) is 5.10 Å². The van der Waals surface area contributed by atoms with Gasteiger partial charge in [0, 0.05) is 71.0 Å². The normalized spacial score (nSPS) is 15.6. The van der Waals surface area contributed by atoms with Crippen LogP contribution in [0.5, 0.6) is 0 Å². The van der Waals surface area contributed by atoms with Crippen molar-refractivity contribution in [1.29, 1.82) is 0 Å². The van der Waals surface area contributed by atoms with Crippen molar-refractivity contribution in [3.05, 3.63) is 118 Å². The highest BCUT2D eigenvalue weighted by molar-refractivity contribution is 6.04. The van der Waals surface area contributed by atoms with Crippen molar-refractivity contribution in [2.75, 3.05) is 5.32 Å². The first-order valence-electron chi connectivity index (χ1n) is 13.0. The molecule has 0 spiro atoms. The number of carbonyl (C=O) groups excluding carboxylic acids is 1. The molecule has 7 rings (SSSR count). The Labute approximate surface area is 229 Å². The number of aromatic nitrogens is 6. The molecule has 1 unspecified atom stereocenters. The number of fused-ring (bicyclic) bond motifs is 2. The van der Waals surface area contributed by atoms with Crippen LogP contribution >= 0.6 is 0 Å². The summed E-state index contributed by atoms with van der Waals surface area (Å²) in [6.07, 6.45) is 16.5. The molecular weight excluding hydrogens is 500 g/mol. The number of aliphatic imine (C=N–C) groups is 1. The summed E-state index contributed by atoms with van der Waals surface area (Å²) in [5, 5.41) is 12.7. The average Bonchev–Trinajstić information content (AvgIpc) is 3.56. The van der Waals surface area contributed by atoms with Crippen molar-refractivity contribution in [2.45, 2.75) is 18.8 Å². The highest BCUT2D eigenvalue weighted by atomic mass is 16.1. The van der Waals surface area contributed by atoms with Gasteiger partial charge < -0.3 is 10.3 Å². The SMILES string of the molecule is O=C(Nc1cncc(C2C=c3c(-c4nc5c([nH]4)CC=NC=C5c4cccnc4)n[nH]c3=CC2)c1)c1ccccc1. The molecule has 1 amide bonds. The van der Waals surface area contributed by atoms with Crippen LogP contribution in [0.3, 0.4) is 0 Å². The Kier molecular flexibility index (Phi) is 5.93. The highest BCUT2D eigenvalue weighted by Gasteiger charge is 2.22. The second-order valence-electron chi connectivity index (χ2n) is 9.67. The standard InChI is InChI=1S/C31H24N8O/c40-31(19-5-2-1-3-6-19)35-23-13-22(16-34-17-23)20-8-9-26-24(14-20)29(39-38-26)30-36-27-10-12-33-18-25(28(27)37-30)21-7-4-11-32-15-21/h1-7,9,11-18,20,38H,8,10H2,(H,35,40)(H,36,37). The van der Waals surface area contributed by atoms with Crippen LogP contribution in [0.15, 0.2) is 84.5 Å². The number of amides is 1. The number of aromatic amines is 2. The van der Waals surface area contributed by atoms with Crippen molar-refractivity contribution < 1.29 is 4.79 Å². The van der Waals surface area contributed by atoms with Crippen LogP contribution in [-0.4, -0.2) is 42.3 Å². The van der Waals surface area contributed by atoms with E-state index in [9.17, 15) is 4.79 Å². The van der Waals surface area contributed by atoms with E-state index in [2.05, 4.69) is 47.6 Å². The lowest BCUT2D eigenvalue weighted by Gasteiger charge is -2.14. The van der Waals surface area contributed by atoms with Gasteiger partial charge >= 0.3 is 0 Å². The van der Waals surface area contributed by atoms with Crippen LogP contribution < -0.4 is 15.9 Å². The predicted molar refractivity (Wildman–Crippen MR) is 154 cm³/mol.